The molecule has 1 atom stereocenters. The minimum atomic E-state index is -4.37. The highest BCUT2D eigenvalue weighted by atomic mass is 19.4. The van der Waals surface area contributed by atoms with E-state index in [1.807, 2.05) is 6.07 Å². The smallest absolute Gasteiger partial charge is 0.381 e. The van der Waals surface area contributed by atoms with Gasteiger partial charge in [-0.1, -0.05) is 12.1 Å². The number of halogens is 3. The molecule has 2 fully saturated rings. The molecule has 1 aromatic rings. The molecular formula is C17H20F3NO2. The van der Waals surface area contributed by atoms with E-state index in [9.17, 15) is 18.0 Å². The van der Waals surface area contributed by atoms with E-state index in [1.165, 1.54) is 0 Å². The van der Waals surface area contributed by atoms with Crippen LogP contribution in [0.3, 0.4) is 0 Å². The number of carbonyl (C=O) groups excluding carboxylic acids is 1. The highest BCUT2D eigenvalue weighted by molar-refractivity contribution is 5.94. The number of hydrogen-bond donors (Lipinski definition) is 0. The van der Waals surface area contributed by atoms with Gasteiger partial charge in [0.2, 0.25) is 0 Å². The van der Waals surface area contributed by atoms with Crippen LogP contribution < -0.4 is 0 Å². The number of carbonyl (C=O) groups is 1. The van der Waals surface area contributed by atoms with Crippen LogP contribution in [0.15, 0.2) is 24.3 Å². The van der Waals surface area contributed by atoms with Crippen molar-refractivity contribution in [2.75, 3.05) is 19.8 Å². The molecule has 0 spiro atoms. The lowest BCUT2D eigenvalue weighted by Gasteiger charge is -2.38. The zero-order chi connectivity index (χ0) is 16.4. The first-order valence-electron chi connectivity index (χ1n) is 7.99. The number of amides is 1. The van der Waals surface area contributed by atoms with Gasteiger partial charge < -0.3 is 9.64 Å². The average molecular weight is 327 g/mol. The Morgan fingerprint density at radius 2 is 2.04 bits per heavy atom. The molecule has 1 aliphatic heterocycles. The van der Waals surface area contributed by atoms with Crippen molar-refractivity contribution in [3.05, 3.63) is 35.4 Å². The normalized spacial score (nSPS) is 22.0. The van der Waals surface area contributed by atoms with E-state index in [0.717, 1.165) is 23.3 Å². The van der Waals surface area contributed by atoms with Crippen LogP contribution in [0.4, 0.5) is 13.2 Å². The minimum absolute atomic E-state index is 0.225. The van der Waals surface area contributed by atoms with E-state index < -0.39 is 18.6 Å². The van der Waals surface area contributed by atoms with E-state index in [4.69, 9.17) is 4.74 Å². The van der Waals surface area contributed by atoms with Gasteiger partial charge in [-0.05, 0) is 43.4 Å². The van der Waals surface area contributed by atoms with Gasteiger partial charge in [0.05, 0.1) is 6.61 Å². The molecule has 1 aliphatic carbocycles. The summed E-state index contributed by atoms with van der Waals surface area (Å²) in [4.78, 5) is 13.6. The molecule has 3 nitrogen and oxygen atoms in total. The fourth-order valence-corrected chi connectivity index (χ4v) is 3.15. The fraction of sp³-hybridized carbons (Fsp3) is 0.588. The Labute approximate surface area is 133 Å². The molecule has 0 bridgehead atoms. The monoisotopic (exact) mass is 327 g/mol. The fourth-order valence-electron chi connectivity index (χ4n) is 3.15. The highest BCUT2D eigenvalue weighted by Gasteiger charge is 2.38. The number of hydrogen-bond acceptors (Lipinski definition) is 2. The summed E-state index contributed by atoms with van der Waals surface area (Å²) < 4.78 is 43.8. The summed E-state index contributed by atoms with van der Waals surface area (Å²) in [5.41, 5.74) is 1.31. The first-order chi connectivity index (χ1) is 10.9. The minimum Gasteiger partial charge on any atom is -0.381 e. The lowest BCUT2D eigenvalue weighted by atomic mass is 9.90. The van der Waals surface area contributed by atoms with Gasteiger partial charge in [-0.25, -0.2) is 0 Å². The van der Waals surface area contributed by atoms with Crippen molar-refractivity contribution < 1.29 is 22.7 Å². The van der Waals surface area contributed by atoms with Crippen molar-refractivity contribution in [1.82, 2.24) is 4.90 Å². The molecule has 1 amide bonds. The third kappa shape index (κ3) is 3.86. The average Bonchev–Trinajstić information content (AvgIpc) is 2.97. The molecule has 1 heterocycles. The van der Waals surface area contributed by atoms with Gasteiger partial charge in [0.25, 0.3) is 5.91 Å². The van der Waals surface area contributed by atoms with Crippen LogP contribution in [0.2, 0.25) is 0 Å². The molecule has 1 aromatic carbocycles. The van der Waals surface area contributed by atoms with Gasteiger partial charge in [0.15, 0.2) is 0 Å². The summed E-state index contributed by atoms with van der Waals surface area (Å²) in [7, 11) is 0. The lowest BCUT2D eigenvalue weighted by molar-refractivity contribution is -0.147. The molecule has 0 N–H and O–H groups in total. The van der Waals surface area contributed by atoms with Crippen LogP contribution in [-0.2, 0) is 4.74 Å². The number of alkyl halides is 3. The summed E-state index contributed by atoms with van der Waals surface area (Å²) in [6, 6.07) is 6.69. The molecule has 0 aromatic heterocycles. The van der Waals surface area contributed by atoms with Gasteiger partial charge in [0, 0.05) is 24.1 Å². The largest absolute Gasteiger partial charge is 0.406 e. The van der Waals surface area contributed by atoms with E-state index in [1.54, 1.807) is 18.2 Å². The van der Waals surface area contributed by atoms with Crippen LogP contribution >= 0.6 is 0 Å². The molecule has 2 aliphatic rings. The standard InChI is InChI=1S/C17H20F3NO2/c18-17(19,20)11-21(15-5-2-6-15)16(22)13-4-1-3-12(9-13)14-7-8-23-10-14/h1,3-4,9,14-15H,2,5-8,10-11H2/t14-/m0/s1. The molecule has 1 saturated carbocycles. The molecular weight excluding hydrogens is 307 g/mol. The second-order valence-corrected chi connectivity index (χ2v) is 6.32. The summed E-state index contributed by atoms with van der Waals surface area (Å²) in [5.74, 6) is -0.296. The lowest BCUT2D eigenvalue weighted by Crippen LogP contribution is -2.48. The second-order valence-electron chi connectivity index (χ2n) is 6.32. The summed E-state index contributed by atoms with van der Waals surface area (Å²) in [6.45, 7) is 0.116. The van der Waals surface area contributed by atoms with Crippen LogP contribution in [0.1, 0.15) is 47.5 Å². The SMILES string of the molecule is O=C(c1cccc([C@H]2CCOC2)c1)N(CC(F)(F)F)C1CCC1. The Bertz CT molecular complexity index is 563. The Morgan fingerprint density at radius 1 is 1.26 bits per heavy atom. The van der Waals surface area contributed by atoms with Gasteiger partial charge in [0.1, 0.15) is 6.54 Å². The molecule has 23 heavy (non-hydrogen) atoms. The van der Waals surface area contributed by atoms with Crippen LogP contribution in [-0.4, -0.2) is 42.8 Å². The van der Waals surface area contributed by atoms with E-state index >= 15 is 0 Å². The predicted molar refractivity (Wildman–Crippen MR) is 79.3 cm³/mol. The summed E-state index contributed by atoms with van der Waals surface area (Å²) >= 11 is 0. The maximum Gasteiger partial charge on any atom is 0.406 e. The van der Waals surface area contributed by atoms with Crippen LogP contribution in [0, 0.1) is 0 Å². The van der Waals surface area contributed by atoms with Gasteiger partial charge in [-0.3, -0.25) is 4.79 Å². The van der Waals surface area contributed by atoms with Crippen LogP contribution in [0.25, 0.3) is 0 Å². The highest BCUT2D eigenvalue weighted by Crippen LogP contribution is 2.31. The second kappa shape index (κ2) is 6.51. The maximum absolute atomic E-state index is 12.8. The van der Waals surface area contributed by atoms with Crippen molar-refractivity contribution >= 4 is 5.91 Å². The van der Waals surface area contributed by atoms with Gasteiger partial charge in [-0.15, -0.1) is 0 Å². The Kier molecular flexibility index (Phi) is 4.62. The first kappa shape index (κ1) is 16.3. The zero-order valence-corrected chi connectivity index (χ0v) is 12.8. The first-order valence-corrected chi connectivity index (χ1v) is 7.99. The van der Waals surface area contributed by atoms with Gasteiger partial charge in [-0.2, -0.15) is 13.2 Å². The van der Waals surface area contributed by atoms with Crippen LogP contribution in [0.5, 0.6) is 0 Å². The molecule has 126 valence electrons. The van der Waals surface area contributed by atoms with Crippen molar-refractivity contribution in [3.8, 4) is 0 Å². The molecule has 3 rings (SSSR count). The molecule has 0 radical (unpaired) electrons. The molecule has 0 unspecified atom stereocenters. The van der Waals surface area contributed by atoms with Crippen molar-refractivity contribution in [2.45, 2.75) is 43.8 Å². The molecule has 6 heteroatoms. The van der Waals surface area contributed by atoms with Crippen molar-refractivity contribution in [3.63, 3.8) is 0 Å². The van der Waals surface area contributed by atoms with Gasteiger partial charge >= 0.3 is 6.18 Å². The Morgan fingerprint density at radius 3 is 2.61 bits per heavy atom. The number of nitrogens with zero attached hydrogens (tertiary/aromatic N) is 1. The van der Waals surface area contributed by atoms with E-state index in [2.05, 4.69) is 0 Å². The zero-order valence-electron chi connectivity index (χ0n) is 12.8. The van der Waals surface area contributed by atoms with E-state index in [-0.39, 0.29) is 12.0 Å². The summed E-state index contributed by atoms with van der Waals surface area (Å²) in [6.07, 6.45) is -1.31. The number of rotatable bonds is 4. The van der Waals surface area contributed by atoms with E-state index in [0.29, 0.717) is 31.6 Å². The Balaban J connectivity index is 1.80. The van der Waals surface area contributed by atoms with Crippen molar-refractivity contribution in [1.29, 1.82) is 0 Å². The predicted octanol–water partition coefficient (Wildman–Crippen LogP) is 3.75. The number of benzene rings is 1. The number of ether oxygens (including phenoxy) is 1. The summed E-state index contributed by atoms with van der Waals surface area (Å²) in [5, 5.41) is 0. The quantitative estimate of drug-likeness (QED) is 0.843. The third-order valence-corrected chi connectivity index (χ3v) is 4.66. The topological polar surface area (TPSA) is 29.5 Å². The maximum atomic E-state index is 12.8. The van der Waals surface area contributed by atoms with Crippen molar-refractivity contribution in [2.24, 2.45) is 0 Å². The third-order valence-electron chi connectivity index (χ3n) is 4.66. The molecule has 1 saturated heterocycles. The Hall–Kier alpha value is -1.56.